The van der Waals surface area contributed by atoms with Crippen molar-refractivity contribution in [2.24, 2.45) is 0 Å². The number of hydrogen-bond donors (Lipinski definition) is 2. The molecule has 5 nitrogen and oxygen atoms in total. The molecule has 124 valence electrons. The number of aryl methyl sites for hydroxylation is 1. The molecule has 0 spiro atoms. The Balaban J connectivity index is 1.52. The number of phenolic OH excluding ortho intramolecular Hbond substituents is 1. The maximum atomic E-state index is 12.3. The van der Waals surface area contributed by atoms with Gasteiger partial charge in [0, 0.05) is 6.54 Å². The molecule has 0 bridgehead atoms. The van der Waals surface area contributed by atoms with Crippen molar-refractivity contribution in [2.45, 2.75) is 25.8 Å². The molecule has 24 heavy (non-hydrogen) atoms. The maximum Gasteiger partial charge on any atom is 0.242 e. The predicted molar refractivity (Wildman–Crippen MR) is 93.9 cm³/mol. The summed E-state index contributed by atoms with van der Waals surface area (Å²) in [6, 6.07) is 14.7. The SMILES string of the molecule is CC(C(=O)NCCCc1ccc(O)cc1)n1cnc2ccccc21. The maximum absolute atomic E-state index is 12.3. The topological polar surface area (TPSA) is 67.2 Å². The zero-order valence-corrected chi connectivity index (χ0v) is 13.6. The lowest BCUT2D eigenvalue weighted by Crippen LogP contribution is -2.31. The Bertz CT molecular complexity index is 824. The van der Waals surface area contributed by atoms with E-state index in [1.54, 1.807) is 18.5 Å². The van der Waals surface area contributed by atoms with Crippen molar-refractivity contribution >= 4 is 16.9 Å². The molecule has 3 rings (SSSR count). The average molecular weight is 323 g/mol. The van der Waals surface area contributed by atoms with Crippen LogP contribution in [0.2, 0.25) is 0 Å². The molecule has 1 aromatic heterocycles. The van der Waals surface area contributed by atoms with Crippen molar-refractivity contribution in [2.75, 3.05) is 6.54 Å². The highest BCUT2D eigenvalue weighted by Gasteiger charge is 2.16. The number of fused-ring (bicyclic) bond motifs is 1. The van der Waals surface area contributed by atoms with Gasteiger partial charge >= 0.3 is 0 Å². The highest BCUT2D eigenvalue weighted by Crippen LogP contribution is 2.17. The number of nitrogens with zero attached hydrogens (tertiary/aromatic N) is 2. The summed E-state index contributed by atoms with van der Waals surface area (Å²) in [4.78, 5) is 16.7. The van der Waals surface area contributed by atoms with Gasteiger partial charge in [-0.2, -0.15) is 0 Å². The van der Waals surface area contributed by atoms with Crippen LogP contribution in [-0.4, -0.2) is 27.1 Å². The van der Waals surface area contributed by atoms with E-state index >= 15 is 0 Å². The Morgan fingerprint density at radius 2 is 1.96 bits per heavy atom. The zero-order valence-electron chi connectivity index (χ0n) is 13.6. The summed E-state index contributed by atoms with van der Waals surface area (Å²) in [7, 11) is 0. The van der Waals surface area contributed by atoms with Crippen molar-refractivity contribution in [1.29, 1.82) is 0 Å². The second-order valence-corrected chi connectivity index (χ2v) is 5.88. The molecule has 0 fully saturated rings. The van der Waals surface area contributed by atoms with Gasteiger partial charge < -0.3 is 15.0 Å². The molecule has 1 atom stereocenters. The van der Waals surface area contributed by atoms with E-state index in [1.165, 1.54) is 0 Å². The van der Waals surface area contributed by atoms with Gasteiger partial charge in [-0.3, -0.25) is 4.79 Å². The summed E-state index contributed by atoms with van der Waals surface area (Å²) in [6.45, 7) is 2.50. The van der Waals surface area contributed by atoms with Crippen LogP contribution in [0.25, 0.3) is 11.0 Å². The first-order valence-corrected chi connectivity index (χ1v) is 8.12. The fourth-order valence-electron chi connectivity index (χ4n) is 2.73. The molecule has 1 amide bonds. The van der Waals surface area contributed by atoms with E-state index in [1.807, 2.05) is 47.9 Å². The number of carbonyl (C=O) groups is 1. The molecule has 0 aliphatic heterocycles. The molecule has 3 aromatic rings. The van der Waals surface area contributed by atoms with Gasteiger partial charge in [0.1, 0.15) is 11.8 Å². The van der Waals surface area contributed by atoms with E-state index < -0.39 is 0 Å². The van der Waals surface area contributed by atoms with Crippen LogP contribution in [0, 0.1) is 0 Å². The lowest BCUT2D eigenvalue weighted by atomic mass is 10.1. The fourth-order valence-corrected chi connectivity index (χ4v) is 2.73. The number of imidazole rings is 1. The van der Waals surface area contributed by atoms with Crippen LogP contribution >= 0.6 is 0 Å². The summed E-state index contributed by atoms with van der Waals surface area (Å²) >= 11 is 0. The number of carbonyl (C=O) groups excluding carboxylic acids is 1. The monoisotopic (exact) mass is 323 g/mol. The first-order valence-electron chi connectivity index (χ1n) is 8.12. The standard InChI is InChI=1S/C19H21N3O2/c1-14(22-13-21-17-6-2-3-7-18(17)22)19(24)20-12-4-5-15-8-10-16(23)11-9-15/h2-3,6-11,13-14,23H,4-5,12H2,1H3,(H,20,24). The third-order valence-corrected chi connectivity index (χ3v) is 4.16. The summed E-state index contributed by atoms with van der Waals surface area (Å²) in [6.07, 6.45) is 3.43. The lowest BCUT2D eigenvalue weighted by molar-refractivity contribution is -0.123. The van der Waals surface area contributed by atoms with Crippen molar-refractivity contribution in [1.82, 2.24) is 14.9 Å². The van der Waals surface area contributed by atoms with E-state index in [2.05, 4.69) is 10.3 Å². The fraction of sp³-hybridized carbons (Fsp3) is 0.263. The second kappa shape index (κ2) is 7.17. The Hall–Kier alpha value is -2.82. The molecule has 2 N–H and O–H groups in total. The van der Waals surface area contributed by atoms with E-state index in [0.29, 0.717) is 6.54 Å². The molecule has 0 aliphatic rings. The third-order valence-electron chi connectivity index (χ3n) is 4.16. The minimum Gasteiger partial charge on any atom is -0.508 e. The number of benzene rings is 2. The Kier molecular flexibility index (Phi) is 4.79. The number of aromatic nitrogens is 2. The second-order valence-electron chi connectivity index (χ2n) is 5.88. The number of aromatic hydroxyl groups is 1. The van der Waals surface area contributed by atoms with Crippen molar-refractivity contribution in [3.63, 3.8) is 0 Å². The third kappa shape index (κ3) is 3.56. The molecule has 0 saturated carbocycles. The molecular weight excluding hydrogens is 302 g/mol. The first kappa shape index (κ1) is 16.1. The number of nitrogens with one attached hydrogen (secondary N) is 1. The van der Waals surface area contributed by atoms with Crippen LogP contribution in [0.15, 0.2) is 54.9 Å². The summed E-state index contributed by atoms with van der Waals surface area (Å²) in [5.41, 5.74) is 3.00. The molecule has 1 unspecified atom stereocenters. The van der Waals surface area contributed by atoms with E-state index in [4.69, 9.17) is 0 Å². The quantitative estimate of drug-likeness (QED) is 0.685. The van der Waals surface area contributed by atoms with E-state index in [0.717, 1.165) is 29.4 Å². The summed E-state index contributed by atoms with van der Waals surface area (Å²) in [5.74, 6) is 0.261. The van der Waals surface area contributed by atoms with E-state index in [9.17, 15) is 9.90 Å². The van der Waals surface area contributed by atoms with Gasteiger partial charge in [0.2, 0.25) is 5.91 Å². The van der Waals surface area contributed by atoms with Crippen LogP contribution in [0.5, 0.6) is 5.75 Å². The van der Waals surface area contributed by atoms with Gasteiger partial charge in [0.15, 0.2) is 0 Å². The Morgan fingerprint density at radius 3 is 2.75 bits per heavy atom. The van der Waals surface area contributed by atoms with Crippen LogP contribution < -0.4 is 5.32 Å². The minimum atomic E-state index is -0.300. The highest BCUT2D eigenvalue weighted by molar-refractivity contribution is 5.83. The zero-order chi connectivity index (χ0) is 16.9. The van der Waals surface area contributed by atoms with Gasteiger partial charge in [0.05, 0.1) is 17.4 Å². The minimum absolute atomic E-state index is 0.0103. The number of amides is 1. The van der Waals surface area contributed by atoms with Crippen molar-refractivity contribution in [3.05, 3.63) is 60.4 Å². The number of para-hydroxylation sites is 2. The molecule has 0 radical (unpaired) electrons. The number of phenols is 1. The van der Waals surface area contributed by atoms with Gasteiger partial charge in [-0.25, -0.2) is 4.98 Å². The average Bonchev–Trinajstić information content (AvgIpc) is 3.03. The van der Waals surface area contributed by atoms with Gasteiger partial charge in [-0.1, -0.05) is 24.3 Å². The predicted octanol–water partition coefficient (Wildman–Crippen LogP) is 3.05. The first-order chi connectivity index (χ1) is 11.6. The largest absolute Gasteiger partial charge is 0.508 e. The van der Waals surface area contributed by atoms with Crippen LogP contribution in [-0.2, 0) is 11.2 Å². The van der Waals surface area contributed by atoms with Crippen LogP contribution in [0.3, 0.4) is 0 Å². The number of rotatable bonds is 6. The van der Waals surface area contributed by atoms with Gasteiger partial charge in [-0.15, -0.1) is 0 Å². The summed E-state index contributed by atoms with van der Waals surface area (Å²) < 4.78 is 1.89. The lowest BCUT2D eigenvalue weighted by Gasteiger charge is -2.14. The molecule has 2 aromatic carbocycles. The highest BCUT2D eigenvalue weighted by atomic mass is 16.3. The number of hydrogen-bond acceptors (Lipinski definition) is 3. The molecule has 0 saturated heterocycles. The Morgan fingerprint density at radius 1 is 1.21 bits per heavy atom. The van der Waals surface area contributed by atoms with Gasteiger partial charge in [-0.05, 0) is 49.6 Å². The molecule has 5 heteroatoms. The Labute approximate surface area is 141 Å². The van der Waals surface area contributed by atoms with Crippen molar-refractivity contribution in [3.8, 4) is 5.75 Å². The van der Waals surface area contributed by atoms with Crippen LogP contribution in [0.4, 0.5) is 0 Å². The summed E-state index contributed by atoms with van der Waals surface area (Å²) in [5, 5.41) is 12.2. The smallest absolute Gasteiger partial charge is 0.242 e. The molecular formula is C19H21N3O2. The molecule has 1 heterocycles. The van der Waals surface area contributed by atoms with E-state index in [-0.39, 0.29) is 17.7 Å². The van der Waals surface area contributed by atoms with Crippen molar-refractivity contribution < 1.29 is 9.90 Å². The van der Waals surface area contributed by atoms with Crippen LogP contribution in [0.1, 0.15) is 24.9 Å². The molecule has 0 aliphatic carbocycles. The van der Waals surface area contributed by atoms with Gasteiger partial charge in [0.25, 0.3) is 0 Å². The normalized spacial score (nSPS) is 12.2.